The zero-order chi connectivity index (χ0) is 35.2. The van der Waals surface area contributed by atoms with Crippen LogP contribution in [-0.4, -0.2) is 67.7 Å². The third-order valence-electron chi connectivity index (χ3n) is 9.05. The summed E-state index contributed by atoms with van der Waals surface area (Å²) in [7, 11) is 0. The molecular formula is C41H79NO6. The molecule has 0 aliphatic carbocycles. The average Bonchev–Trinajstić information content (AvgIpc) is 3.08. The number of esters is 1. The highest BCUT2D eigenvalue weighted by Gasteiger charge is 2.14. The molecule has 0 atom stereocenters. The standard InChI is InChI=1S/C41H79NO6/c1-4-7-10-13-16-22-28-37-46-41(45)47-38-29-27-34-42(35-36-43)33-26-21-17-20-25-32-40(44)48-39(30-23-18-14-11-8-5-2)31-24-19-15-12-9-6-3/h7,10,39,43H,4-6,8-9,11-38H2,1-3H3. The van der Waals surface area contributed by atoms with E-state index < -0.39 is 6.16 Å². The molecule has 1 N–H and O–H groups in total. The summed E-state index contributed by atoms with van der Waals surface area (Å²) in [4.78, 5) is 26.7. The quantitative estimate of drug-likeness (QED) is 0.0397. The van der Waals surface area contributed by atoms with Gasteiger partial charge in [0, 0.05) is 13.0 Å². The zero-order valence-corrected chi connectivity index (χ0v) is 32.0. The van der Waals surface area contributed by atoms with Crippen molar-refractivity contribution in [3.8, 4) is 0 Å². The number of unbranched alkanes of at least 4 members (excludes halogenated alkanes) is 18. The van der Waals surface area contributed by atoms with E-state index in [9.17, 15) is 14.7 Å². The van der Waals surface area contributed by atoms with Gasteiger partial charge in [-0.1, -0.05) is 116 Å². The first kappa shape index (κ1) is 46.4. The van der Waals surface area contributed by atoms with Gasteiger partial charge in [-0.05, 0) is 96.6 Å². The molecule has 0 amide bonds. The van der Waals surface area contributed by atoms with E-state index in [2.05, 4.69) is 37.8 Å². The first-order valence-electron chi connectivity index (χ1n) is 20.5. The number of ether oxygens (including phenoxy) is 3. The predicted octanol–water partition coefficient (Wildman–Crippen LogP) is 11.5. The monoisotopic (exact) mass is 682 g/mol. The Morgan fingerprint density at radius 3 is 1.67 bits per heavy atom. The van der Waals surface area contributed by atoms with E-state index in [-0.39, 0.29) is 18.7 Å². The minimum atomic E-state index is -0.567. The molecule has 0 fully saturated rings. The van der Waals surface area contributed by atoms with E-state index in [0.717, 1.165) is 103 Å². The van der Waals surface area contributed by atoms with E-state index in [1.54, 1.807) is 0 Å². The fourth-order valence-electron chi connectivity index (χ4n) is 6.04. The second kappa shape index (κ2) is 38.2. The lowest BCUT2D eigenvalue weighted by Gasteiger charge is -2.21. The van der Waals surface area contributed by atoms with Crippen molar-refractivity contribution in [1.29, 1.82) is 0 Å². The predicted molar refractivity (Wildman–Crippen MR) is 202 cm³/mol. The van der Waals surface area contributed by atoms with Crippen LogP contribution in [0.4, 0.5) is 4.79 Å². The SMILES string of the molecule is CCC=CCCCCCOC(=O)OCCCCN(CCO)CCCCCCCC(=O)OC(CCCCCCCC)CCCCCCCC. The normalized spacial score (nSPS) is 11.6. The van der Waals surface area contributed by atoms with Crippen molar-refractivity contribution >= 4 is 12.1 Å². The van der Waals surface area contributed by atoms with E-state index >= 15 is 0 Å². The molecule has 0 radical (unpaired) electrons. The second-order valence-electron chi connectivity index (χ2n) is 13.7. The molecule has 0 saturated heterocycles. The third-order valence-corrected chi connectivity index (χ3v) is 9.05. The van der Waals surface area contributed by atoms with E-state index in [1.807, 2.05) is 0 Å². The number of aliphatic hydroxyl groups is 1. The van der Waals surface area contributed by atoms with Crippen LogP contribution in [0, 0.1) is 0 Å². The van der Waals surface area contributed by atoms with Crippen LogP contribution in [0.3, 0.4) is 0 Å². The fraction of sp³-hybridized carbons (Fsp3) is 0.902. The van der Waals surface area contributed by atoms with Gasteiger partial charge in [-0.15, -0.1) is 0 Å². The summed E-state index contributed by atoms with van der Waals surface area (Å²) >= 11 is 0. The molecule has 0 aromatic rings. The van der Waals surface area contributed by atoms with Crippen LogP contribution in [0.1, 0.15) is 194 Å². The summed E-state index contributed by atoms with van der Waals surface area (Å²) in [6.07, 6.45) is 34.0. The smallest absolute Gasteiger partial charge is 0.462 e. The third kappa shape index (κ3) is 34.3. The van der Waals surface area contributed by atoms with Crippen LogP contribution in [0.25, 0.3) is 0 Å². The van der Waals surface area contributed by atoms with E-state index in [4.69, 9.17) is 14.2 Å². The maximum absolute atomic E-state index is 12.7. The molecule has 48 heavy (non-hydrogen) atoms. The zero-order valence-electron chi connectivity index (χ0n) is 32.0. The van der Waals surface area contributed by atoms with Crippen LogP contribution in [0.5, 0.6) is 0 Å². The van der Waals surface area contributed by atoms with Crippen LogP contribution in [0.15, 0.2) is 12.2 Å². The van der Waals surface area contributed by atoms with Crippen molar-refractivity contribution in [2.75, 3.05) is 39.5 Å². The van der Waals surface area contributed by atoms with Crippen molar-refractivity contribution in [3.63, 3.8) is 0 Å². The van der Waals surface area contributed by atoms with Crippen LogP contribution >= 0.6 is 0 Å². The molecule has 0 bridgehead atoms. The number of aliphatic hydroxyl groups excluding tert-OH is 1. The van der Waals surface area contributed by atoms with Gasteiger partial charge < -0.3 is 24.2 Å². The Morgan fingerprint density at radius 2 is 1.08 bits per heavy atom. The summed E-state index contributed by atoms with van der Waals surface area (Å²) < 4.78 is 16.4. The van der Waals surface area contributed by atoms with Gasteiger partial charge in [-0.2, -0.15) is 0 Å². The Balaban J connectivity index is 4.00. The molecule has 0 saturated carbocycles. The summed E-state index contributed by atoms with van der Waals surface area (Å²) in [6, 6.07) is 0. The van der Waals surface area contributed by atoms with Gasteiger partial charge in [0.2, 0.25) is 0 Å². The van der Waals surface area contributed by atoms with Crippen LogP contribution in [-0.2, 0) is 19.0 Å². The number of hydrogen-bond acceptors (Lipinski definition) is 7. The van der Waals surface area contributed by atoms with Crippen molar-refractivity contribution in [2.24, 2.45) is 0 Å². The highest BCUT2D eigenvalue weighted by atomic mass is 16.7. The Kier molecular flexibility index (Phi) is 36.9. The molecular weight excluding hydrogens is 602 g/mol. The lowest BCUT2D eigenvalue weighted by Crippen LogP contribution is -2.29. The largest absolute Gasteiger partial charge is 0.508 e. The number of allylic oxidation sites excluding steroid dienone is 2. The van der Waals surface area contributed by atoms with Crippen molar-refractivity contribution < 1.29 is 28.9 Å². The molecule has 7 nitrogen and oxygen atoms in total. The maximum atomic E-state index is 12.7. The molecule has 0 aromatic carbocycles. The molecule has 0 heterocycles. The lowest BCUT2D eigenvalue weighted by atomic mass is 10.0. The Hall–Kier alpha value is -1.60. The molecule has 0 aliphatic heterocycles. The van der Waals surface area contributed by atoms with Gasteiger partial charge in [0.25, 0.3) is 0 Å². The second-order valence-corrected chi connectivity index (χ2v) is 13.7. The van der Waals surface area contributed by atoms with Crippen molar-refractivity contribution in [3.05, 3.63) is 12.2 Å². The van der Waals surface area contributed by atoms with Gasteiger partial charge in [0.05, 0.1) is 19.8 Å². The Bertz CT molecular complexity index is 699. The summed E-state index contributed by atoms with van der Waals surface area (Å²) in [5, 5.41) is 9.48. The number of hydrogen-bond donors (Lipinski definition) is 1. The summed E-state index contributed by atoms with van der Waals surface area (Å²) in [6.45, 7) is 10.1. The number of rotatable bonds is 37. The molecule has 0 aliphatic rings. The number of nitrogens with zero attached hydrogens (tertiary/aromatic N) is 1. The fourth-order valence-corrected chi connectivity index (χ4v) is 6.04. The van der Waals surface area contributed by atoms with Crippen molar-refractivity contribution in [1.82, 2.24) is 4.90 Å². The minimum absolute atomic E-state index is 0.00522. The highest BCUT2D eigenvalue weighted by molar-refractivity contribution is 5.69. The number of carbonyl (C=O) groups is 2. The number of carbonyl (C=O) groups excluding carboxylic acids is 2. The first-order chi connectivity index (χ1) is 23.6. The maximum Gasteiger partial charge on any atom is 0.508 e. The van der Waals surface area contributed by atoms with Gasteiger partial charge in [0.15, 0.2) is 0 Å². The minimum Gasteiger partial charge on any atom is -0.462 e. The van der Waals surface area contributed by atoms with E-state index in [0.29, 0.717) is 26.2 Å². The van der Waals surface area contributed by atoms with Gasteiger partial charge in [-0.3, -0.25) is 4.79 Å². The first-order valence-corrected chi connectivity index (χ1v) is 20.5. The molecule has 7 heteroatoms. The van der Waals surface area contributed by atoms with Gasteiger partial charge >= 0.3 is 12.1 Å². The molecule has 284 valence electrons. The highest BCUT2D eigenvalue weighted by Crippen LogP contribution is 2.18. The molecule has 0 unspecified atom stereocenters. The van der Waals surface area contributed by atoms with Gasteiger partial charge in [-0.25, -0.2) is 4.79 Å². The lowest BCUT2D eigenvalue weighted by molar-refractivity contribution is -0.150. The topological polar surface area (TPSA) is 85.3 Å². The Morgan fingerprint density at radius 1 is 0.583 bits per heavy atom. The summed E-state index contributed by atoms with van der Waals surface area (Å²) in [5.41, 5.74) is 0. The average molecular weight is 682 g/mol. The summed E-state index contributed by atoms with van der Waals surface area (Å²) in [5.74, 6) is -0.00522. The van der Waals surface area contributed by atoms with Crippen molar-refractivity contribution in [2.45, 2.75) is 200 Å². The van der Waals surface area contributed by atoms with Gasteiger partial charge in [0.1, 0.15) is 6.10 Å². The van der Waals surface area contributed by atoms with E-state index in [1.165, 1.54) is 77.0 Å². The molecule has 0 spiro atoms. The van der Waals surface area contributed by atoms with Crippen LogP contribution in [0.2, 0.25) is 0 Å². The van der Waals surface area contributed by atoms with Crippen LogP contribution < -0.4 is 0 Å². The molecule has 0 aromatic heterocycles. The molecule has 0 rings (SSSR count). The Labute approximate surface area is 297 Å².